The molecule has 0 amide bonds. The van der Waals surface area contributed by atoms with E-state index in [0.29, 0.717) is 5.69 Å². The van der Waals surface area contributed by atoms with Crippen molar-refractivity contribution in [2.45, 2.75) is 12.3 Å². The number of rotatable bonds is 3. The van der Waals surface area contributed by atoms with Crippen molar-refractivity contribution in [1.82, 2.24) is 0 Å². The van der Waals surface area contributed by atoms with E-state index in [2.05, 4.69) is 0 Å². The number of halogens is 2. The van der Waals surface area contributed by atoms with E-state index in [0.717, 1.165) is 0 Å². The fourth-order valence-corrected chi connectivity index (χ4v) is 2.17. The predicted molar refractivity (Wildman–Crippen MR) is 66.1 cm³/mol. The van der Waals surface area contributed by atoms with Gasteiger partial charge in [-0.25, -0.2) is 13.6 Å². The smallest absolute Gasteiger partial charge is 0.335 e. The molecular weight excluding hydrogens is 258 g/mol. The second kappa shape index (κ2) is 4.56. The largest absolute Gasteiger partial charge is 0.494 e. The van der Waals surface area contributed by atoms with Gasteiger partial charge in [0.2, 0.25) is 0 Å². The molecule has 1 fully saturated rings. The van der Waals surface area contributed by atoms with E-state index in [1.165, 1.54) is 24.1 Å². The number of aromatic carboxylic acids is 1. The number of benzene rings is 1. The molecule has 0 spiro atoms. The molecule has 0 unspecified atom stereocenters. The molecule has 0 aliphatic carbocycles. The van der Waals surface area contributed by atoms with Gasteiger partial charge in [0.1, 0.15) is 11.4 Å². The van der Waals surface area contributed by atoms with Crippen LogP contribution in [0.5, 0.6) is 5.75 Å². The van der Waals surface area contributed by atoms with E-state index in [4.69, 9.17) is 15.6 Å². The van der Waals surface area contributed by atoms with Crippen molar-refractivity contribution in [3.8, 4) is 5.75 Å². The van der Waals surface area contributed by atoms with Crippen LogP contribution in [-0.2, 0) is 0 Å². The Hall–Kier alpha value is -2.05. The average molecular weight is 272 g/mol. The zero-order valence-electron chi connectivity index (χ0n) is 10.3. The third kappa shape index (κ3) is 2.54. The summed E-state index contributed by atoms with van der Waals surface area (Å²) in [6.07, 6.45) is -0.254. The minimum Gasteiger partial charge on any atom is -0.494 e. The highest BCUT2D eigenvalue weighted by Crippen LogP contribution is 2.40. The van der Waals surface area contributed by atoms with Crippen LogP contribution < -0.4 is 15.4 Å². The van der Waals surface area contributed by atoms with Crippen molar-refractivity contribution in [3.63, 3.8) is 0 Å². The molecule has 0 atom stereocenters. The molecule has 1 aromatic carbocycles. The van der Waals surface area contributed by atoms with E-state index in [1.807, 2.05) is 0 Å². The van der Waals surface area contributed by atoms with Gasteiger partial charge in [0.15, 0.2) is 0 Å². The van der Waals surface area contributed by atoms with Crippen LogP contribution in [0.25, 0.3) is 0 Å². The Morgan fingerprint density at radius 1 is 1.53 bits per heavy atom. The maximum atomic E-state index is 13.2. The summed E-state index contributed by atoms with van der Waals surface area (Å²) in [7, 11) is 1.35. The van der Waals surface area contributed by atoms with Crippen LogP contribution in [0.2, 0.25) is 0 Å². The maximum Gasteiger partial charge on any atom is 0.335 e. The number of nitrogens with zero attached hydrogens (tertiary/aromatic N) is 1. The van der Waals surface area contributed by atoms with Crippen molar-refractivity contribution >= 4 is 17.3 Å². The number of carboxylic acids is 1. The standard InChI is InChI=1S/C12H14F2N2O3/c1-19-9-5-7(11(17)18)4-8(15)10(9)16-3-2-12(13,14)6-16/h4-5H,2-3,6,15H2,1H3,(H,17,18). The summed E-state index contributed by atoms with van der Waals surface area (Å²) in [6, 6.07) is 2.53. The maximum absolute atomic E-state index is 13.2. The SMILES string of the molecule is COc1cc(C(=O)O)cc(N)c1N1CCC(F)(F)C1. The van der Waals surface area contributed by atoms with E-state index < -0.39 is 18.4 Å². The van der Waals surface area contributed by atoms with Crippen LogP contribution in [0.15, 0.2) is 12.1 Å². The number of nitrogens with two attached hydrogens (primary N) is 1. The minimum absolute atomic E-state index is 0.0379. The van der Waals surface area contributed by atoms with E-state index in [1.54, 1.807) is 0 Å². The van der Waals surface area contributed by atoms with Crippen molar-refractivity contribution in [3.05, 3.63) is 17.7 Å². The highest BCUT2D eigenvalue weighted by Gasteiger charge is 2.39. The van der Waals surface area contributed by atoms with Crippen LogP contribution >= 0.6 is 0 Å². The topological polar surface area (TPSA) is 75.8 Å². The Morgan fingerprint density at radius 2 is 2.21 bits per heavy atom. The van der Waals surface area contributed by atoms with Crippen molar-refractivity contribution < 1.29 is 23.4 Å². The zero-order chi connectivity index (χ0) is 14.2. The summed E-state index contributed by atoms with van der Waals surface area (Å²) >= 11 is 0. The molecule has 2 rings (SSSR count). The molecule has 0 saturated carbocycles. The molecule has 1 aliphatic heterocycles. The second-order valence-electron chi connectivity index (χ2n) is 4.45. The average Bonchev–Trinajstić information content (AvgIpc) is 2.67. The van der Waals surface area contributed by atoms with Crippen molar-refractivity contribution in [2.24, 2.45) is 0 Å². The second-order valence-corrected chi connectivity index (χ2v) is 4.45. The lowest BCUT2D eigenvalue weighted by atomic mass is 10.1. The van der Waals surface area contributed by atoms with Crippen LogP contribution in [-0.4, -0.2) is 37.2 Å². The number of alkyl halides is 2. The van der Waals surface area contributed by atoms with E-state index in [-0.39, 0.29) is 30.0 Å². The number of hydrogen-bond donors (Lipinski definition) is 2. The fraction of sp³-hybridized carbons (Fsp3) is 0.417. The molecule has 1 aromatic rings. The Morgan fingerprint density at radius 3 is 2.68 bits per heavy atom. The van der Waals surface area contributed by atoms with E-state index >= 15 is 0 Å². The number of hydrogen-bond acceptors (Lipinski definition) is 4. The molecule has 0 aromatic heterocycles. The Kier molecular flexibility index (Phi) is 3.21. The molecule has 104 valence electrons. The van der Waals surface area contributed by atoms with Crippen molar-refractivity contribution in [2.75, 3.05) is 30.8 Å². The summed E-state index contributed by atoms with van der Waals surface area (Å²) in [6.45, 7) is -0.292. The summed E-state index contributed by atoms with van der Waals surface area (Å²) in [5.74, 6) is -3.72. The lowest BCUT2D eigenvalue weighted by molar-refractivity contribution is 0.0257. The summed E-state index contributed by atoms with van der Waals surface area (Å²) in [5, 5.41) is 8.92. The Balaban J connectivity index is 2.43. The molecule has 1 heterocycles. The number of nitrogen functional groups attached to an aromatic ring is 1. The first-order chi connectivity index (χ1) is 8.84. The van der Waals surface area contributed by atoms with Gasteiger partial charge in [-0.05, 0) is 12.1 Å². The molecule has 1 aliphatic rings. The summed E-state index contributed by atoms with van der Waals surface area (Å²) < 4.78 is 31.5. The van der Waals surface area contributed by atoms with Gasteiger partial charge in [0.05, 0.1) is 24.9 Å². The van der Waals surface area contributed by atoms with Gasteiger partial charge >= 0.3 is 5.97 Å². The fourth-order valence-electron chi connectivity index (χ4n) is 2.17. The van der Waals surface area contributed by atoms with Crippen molar-refractivity contribution in [1.29, 1.82) is 0 Å². The molecule has 5 nitrogen and oxygen atoms in total. The minimum atomic E-state index is -2.76. The van der Waals surface area contributed by atoms with Gasteiger partial charge < -0.3 is 20.5 Å². The first-order valence-corrected chi connectivity index (χ1v) is 5.67. The summed E-state index contributed by atoms with van der Waals surface area (Å²) in [4.78, 5) is 12.3. The van der Waals surface area contributed by atoms with Crippen LogP contribution in [0, 0.1) is 0 Å². The number of ether oxygens (including phenoxy) is 1. The first-order valence-electron chi connectivity index (χ1n) is 5.67. The van der Waals surface area contributed by atoms with Gasteiger partial charge in [0.25, 0.3) is 5.92 Å². The number of carboxylic acid groups (broad SMARTS) is 1. The lowest BCUT2D eigenvalue weighted by Crippen LogP contribution is -2.26. The van der Waals surface area contributed by atoms with Gasteiger partial charge in [0, 0.05) is 13.0 Å². The predicted octanol–water partition coefficient (Wildman–Crippen LogP) is 1.82. The highest BCUT2D eigenvalue weighted by molar-refractivity contribution is 5.92. The van der Waals surface area contributed by atoms with Gasteiger partial charge in [-0.2, -0.15) is 0 Å². The van der Waals surface area contributed by atoms with Crippen LogP contribution in [0.4, 0.5) is 20.2 Å². The van der Waals surface area contributed by atoms with Gasteiger partial charge in [-0.3, -0.25) is 0 Å². The third-order valence-corrected chi connectivity index (χ3v) is 3.06. The lowest BCUT2D eigenvalue weighted by Gasteiger charge is -2.23. The van der Waals surface area contributed by atoms with Gasteiger partial charge in [-0.15, -0.1) is 0 Å². The molecule has 19 heavy (non-hydrogen) atoms. The Bertz CT molecular complexity index is 520. The number of anilines is 2. The zero-order valence-corrected chi connectivity index (χ0v) is 10.3. The number of carbonyl (C=O) groups is 1. The molecule has 3 N–H and O–H groups in total. The number of methoxy groups -OCH3 is 1. The quantitative estimate of drug-likeness (QED) is 0.821. The normalized spacial score (nSPS) is 17.5. The first kappa shape index (κ1) is 13.4. The molecular formula is C12H14F2N2O3. The monoisotopic (exact) mass is 272 g/mol. The molecule has 0 radical (unpaired) electrons. The van der Waals surface area contributed by atoms with Gasteiger partial charge in [-0.1, -0.05) is 0 Å². The Labute approximate surface area is 108 Å². The molecule has 0 bridgehead atoms. The summed E-state index contributed by atoms with van der Waals surface area (Å²) in [5.41, 5.74) is 6.18. The third-order valence-electron chi connectivity index (χ3n) is 3.06. The van der Waals surface area contributed by atoms with E-state index in [9.17, 15) is 13.6 Å². The van der Waals surface area contributed by atoms with Crippen LogP contribution in [0.1, 0.15) is 16.8 Å². The highest BCUT2D eigenvalue weighted by atomic mass is 19.3. The molecule has 1 saturated heterocycles. The molecule has 7 heteroatoms. The van der Waals surface area contributed by atoms with Crippen LogP contribution in [0.3, 0.4) is 0 Å².